The first kappa shape index (κ1) is 17.2. The van der Waals surface area contributed by atoms with E-state index < -0.39 is 5.97 Å². The van der Waals surface area contributed by atoms with Crippen LogP contribution in [0.15, 0.2) is 36.5 Å². The number of aryl methyl sites for hydroxylation is 1. The van der Waals surface area contributed by atoms with E-state index in [1.807, 2.05) is 37.4 Å². The fraction of sp³-hybridized carbons (Fsp3) is 0.421. The van der Waals surface area contributed by atoms with Crippen molar-refractivity contribution in [2.24, 2.45) is 7.05 Å². The molecule has 0 saturated heterocycles. The molecular weight excluding hydrogens is 318 g/mol. The van der Waals surface area contributed by atoms with E-state index in [1.165, 1.54) is 0 Å². The molecule has 1 aromatic heterocycles. The van der Waals surface area contributed by atoms with Crippen LogP contribution in [-0.4, -0.2) is 32.8 Å². The van der Waals surface area contributed by atoms with Crippen molar-refractivity contribution >= 4 is 11.9 Å². The molecule has 1 saturated carbocycles. The van der Waals surface area contributed by atoms with Gasteiger partial charge in [0.2, 0.25) is 0 Å². The van der Waals surface area contributed by atoms with Crippen molar-refractivity contribution in [3.05, 3.63) is 53.3 Å². The average Bonchev–Trinajstić information content (AvgIpc) is 3.35. The number of carbonyl (C=O) groups is 2. The van der Waals surface area contributed by atoms with E-state index >= 15 is 0 Å². The van der Waals surface area contributed by atoms with Gasteiger partial charge < -0.3 is 10.4 Å². The minimum Gasteiger partial charge on any atom is -0.481 e. The largest absolute Gasteiger partial charge is 0.481 e. The Bertz CT molecular complexity index is 751. The van der Waals surface area contributed by atoms with Gasteiger partial charge in [-0.25, -0.2) is 0 Å². The minimum absolute atomic E-state index is 0.0281. The third kappa shape index (κ3) is 4.47. The van der Waals surface area contributed by atoms with Crippen LogP contribution in [0.1, 0.15) is 53.2 Å². The molecule has 0 aliphatic heterocycles. The standard InChI is InChI=1S/C19H23N3O3/c1-22-18(14-7-8-14)16(12-20-22)19(25)21-15(9-10-17(23)24)11-13-5-3-2-4-6-13/h2-6,12,14-15H,7-11H2,1H3,(H,21,25)(H,23,24). The van der Waals surface area contributed by atoms with Crippen molar-refractivity contribution in [3.8, 4) is 0 Å². The Morgan fingerprint density at radius 1 is 1.32 bits per heavy atom. The van der Waals surface area contributed by atoms with Crippen LogP contribution in [0.4, 0.5) is 0 Å². The lowest BCUT2D eigenvalue weighted by Gasteiger charge is -2.18. The molecule has 2 N–H and O–H groups in total. The summed E-state index contributed by atoms with van der Waals surface area (Å²) in [5, 5.41) is 16.2. The van der Waals surface area contributed by atoms with Crippen LogP contribution in [-0.2, 0) is 18.3 Å². The number of nitrogens with one attached hydrogen (secondary N) is 1. The predicted molar refractivity (Wildman–Crippen MR) is 93.5 cm³/mol. The summed E-state index contributed by atoms with van der Waals surface area (Å²) in [5.41, 5.74) is 2.67. The number of carboxylic acid groups (broad SMARTS) is 1. The normalized spacial score (nSPS) is 14.9. The number of benzene rings is 1. The van der Waals surface area contributed by atoms with E-state index in [4.69, 9.17) is 5.11 Å². The highest BCUT2D eigenvalue weighted by Gasteiger charge is 2.32. The molecule has 1 aliphatic rings. The molecule has 0 radical (unpaired) electrons. The molecule has 1 unspecified atom stereocenters. The van der Waals surface area contributed by atoms with Crippen molar-refractivity contribution in [2.45, 2.75) is 44.1 Å². The molecule has 1 fully saturated rings. The monoisotopic (exact) mass is 341 g/mol. The van der Waals surface area contributed by atoms with Gasteiger partial charge in [-0.1, -0.05) is 30.3 Å². The molecule has 0 bridgehead atoms. The summed E-state index contributed by atoms with van der Waals surface area (Å²) in [5.74, 6) is -0.603. The number of amides is 1. The van der Waals surface area contributed by atoms with Gasteiger partial charge in [-0.3, -0.25) is 14.3 Å². The van der Waals surface area contributed by atoms with Gasteiger partial charge in [0, 0.05) is 25.4 Å². The zero-order valence-electron chi connectivity index (χ0n) is 14.3. The maximum absolute atomic E-state index is 12.7. The molecule has 132 valence electrons. The second kappa shape index (κ2) is 7.51. The summed E-state index contributed by atoms with van der Waals surface area (Å²) in [6.07, 6.45) is 4.83. The topological polar surface area (TPSA) is 84.2 Å². The van der Waals surface area contributed by atoms with Crippen LogP contribution in [0.3, 0.4) is 0 Å². The number of aliphatic carboxylic acids is 1. The second-order valence-electron chi connectivity index (χ2n) is 6.63. The van der Waals surface area contributed by atoms with Gasteiger partial charge in [-0.2, -0.15) is 5.10 Å². The molecule has 1 aliphatic carbocycles. The Balaban J connectivity index is 1.72. The van der Waals surface area contributed by atoms with Crippen LogP contribution < -0.4 is 5.32 Å². The lowest BCUT2D eigenvalue weighted by atomic mass is 10.0. The van der Waals surface area contributed by atoms with Gasteiger partial charge in [0.05, 0.1) is 17.5 Å². The minimum atomic E-state index is -0.854. The molecule has 6 heteroatoms. The Kier molecular flexibility index (Phi) is 5.16. The number of carbonyl (C=O) groups excluding carboxylic acids is 1. The van der Waals surface area contributed by atoms with E-state index in [1.54, 1.807) is 10.9 Å². The predicted octanol–water partition coefficient (Wildman–Crippen LogP) is 2.50. The van der Waals surface area contributed by atoms with Crippen molar-refractivity contribution < 1.29 is 14.7 Å². The SMILES string of the molecule is Cn1ncc(C(=O)NC(CCC(=O)O)Cc2ccccc2)c1C1CC1. The van der Waals surface area contributed by atoms with Gasteiger partial charge in [-0.05, 0) is 31.2 Å². The third-order valence-corrected chi connectivity index (χ3v) is 4.56. The van der Waals surface area contributed by atoms with Crippen LogP contribution >= 0.6 is 0 Å². The molecule has 1 amide bonds. The van der Waals surface area contributed by atoms with Gasteiger partial charge in [0.25, 0.3) is 5.91 Å². The molecule has 1 aromatic carbocycles. The first-order valence-electron chi connectivity index (χ1n) is 8.63. The Hall–Kier alpha value is -2.63. The maximum Gasteiger partial charge on any atom is 0.303 e. The highest BCUT2D eigenvalue weighted by Crippen LogP contribution is 2.41. The number of nitrogens with zero attached hydrogens (tertiary/aromatic N) is 2. The molecule has 0 spiro atoms. The molecule has 25 heavy (non-hydrogen) atoms. The smallest absolute Gasteiger partial charge is 0.303 e. The van der Waals surface area contributed by atoms with E-state index in [0.29, 0.717) is 24.3 Å². The quantitative estimate of drug-likeness (QED) is 0.773. The Morgan fingerprint density at radius 3 is 2.68 bits per heavy atom. The summed E-state index contributed by atoms with van der Waals surface area (Å²) >= 11 is 0. The summed E-state index contributed by atoms with van der Waals surface area (Å²) in [6, 6.07) is 9.57. The number of carboxylic acids is 1. The summed E-state index contributed by atoms with van der Waals surface area (Å²) in [4.78, 5) is 23.7. The van der Waals surface area contributed by atoms with E-state index in [9.17, 15) is 9.59 Å². The zero-order chi connectivity index (χ0) is 17.8. The second-order valence-corrected chi connectivity index (χ2v) is 6.63. The number of aromatic nitrogens is 2. The summed E-state index contributed by atoms with van der Waals surface area (Å²) in [7, 11) is 1.86. The molecule has 2 aromatic rings. The Labute approximate surface area is 146 Å². The first-order chi connectivity index (χ1) is 12.0. The molecule has 3 rings (SSSR count). The van der Waals surface area contributed by atoms with E-state index in [2.05, 4.69) is 10.4 Å². The van der Waals surface area contributed by atoms with Gasteiger partial charge in [0.1, 0.15) is 0 Å². The number of hydrogen-bond donors (Lipinski definition) is 2. The third-order valence-electron chi connectivity index (χ3n) is 4.56. The van der Waals surface area contributed by atoms with E-state index in [0.717, 1.165) is 24.1 Å². The van der Waals surface area contributed by atoms with Crippen LogP contribution in [0, 0.1) is 0 Å². The van der Waals surface area contributed by atoms with Crippen molar-refractivity contribution in [2.75, 3.05) is 0 Å². The summed E-state index contributed by atoms with van der Waals surface area (Å²) < 4.78 is 1.77. The van der Waals surface area contributed by atoms with Crippen LogP contribution in [0.2, 0.25) is 0 Å². The highest BCUT2D eigenvalue weighted by atomic mass is 16.4. The fourth-order valence-electron chi connectivity index (χ4n) is 3.15. The van der Waals surface area contributed by atoms with Gasteiger partial charge in [-0.15, -0.1) is 0 Å². The van der Waals surface area contributed by atoms with Gasteiger partial charge in [0.15, 0.2) is 0 Å². The van der Waals surface area contributed by atoms with Crippen LogP contribution in [0.25, 0.3) is 0 Å². The molecule has 6 nitrogen and oxygen atoms in total. The zero-order valence-corrected chi connectivity index (χ0v) is 14.3. The molecular formula is C19H23N3O3. The van der Waals surface area contributed by atoms with Crippen molar-refractivity contribution in [1.82, 2.24) is 15.1 Å². The maximum atomic E-state index is 12.7. The lowest BCUT2D eigenvalue weighted by molar-refractivity contribution is -0.137. The Morgan fingerprint density at radius 2 is 2.04 bits per heavy atom. The fourth-order valence-corrected chi connectivity index (χ4v) is 3.15. The van der Waals surface area contributed by atoms with Crippen molar-refractivity contribution in [1.29, 1.82) is 0 Å². The number of rotatable bonds is 8. The molecule has 1 atom stereocenters. The summed E-state index contributed by atoms with van der Waals surface area (Å²) in [6.45, 7) is 0. The van der Waals surface area contributed by atoms with E-state index in [-0.39, 0.29) is 18.4 Å². The van der Waals surface area contributed by atoms with Gasteiger partial charge >= 0.3 is 5.97 Å². The van der Waals surface area contributed by atoms with Crippen molar-refractivity contribution in [3.63, 3.8) is 0 Å². The first-order valence-corrected chi connectivity index (χ1v) is 8.63. The average molecular weight is 341 g/mol. The number of hydrogen-bond acceptors (Lipinski definition) is 3. The lowest BCUT2D eigenvalue weighted by Crippen LogP contribution is -2.37. The molecule has 1 heterocycles. The van der Waals surface area contributed by atoms with Crippen LogP contribution in [0.5, 0.6) is 0 Å². The highest BCUT2D eigenvalue weighted by molar-refractivity contribution is 5.95.